The summed E-state index contributed by atoms with van der Waals surface area (Å²) in [6.07, 6.45) is 0. The van der Waals surface area contributed by atoms with E-state index in [1.54, 1.807) is 0 Å². The first-order valence-corrected chi connectivity index (χ1v) is 9.23. The van der Waals surface area contributed by atoms with E-state index in [2.05, 4.69) is 5.32 Å². The van der Waals surface area contributed by atoms with Crippen LogP contribution in [0.15, 0.2) is 46.9 Å². The van der Waals surface area contributed by atoms with Gasteiger partial charge in [-0.05, 0) is 51.5 Å². The summed E-state index contributed by atoms with van der Waals surface area (Å²) >= 11 is 0. The molecule has 1 N–H and O–H groups in total. The van der Waals surface area contributed by atoms with Crippen molar-refractivity contribution in [1.82, 2.24) is 5.32 Å². The summed E-state index contributed by atoms with van der Waals surface area (Å²) in [4.78, 5) is 12.7. The zero-order valence-electron chi connectivity index (χ0n) is 16.2. The molecule has 3 rings (SSSR count). The molecule has 0 bridgehead atoms. The molecule has 0 aliphatic heterocycles. The Morgan fingerprint density at radius 1 is 1.07 bits per heavy atom. The number of ether oxygens (including phenoxy) is 2. The van der Waals surface area contributed by atoms with Crippen molar-refractivity contribution in [3.8, 4) is 11.5 Å². The number of hydrogen-bond acceptors (Lipinski definition) is 4. The fourth-order valence-electron chi connectivity index (χ4n) is 3.07. The fraction of sp³-hybridized carbons (Fsp3) is 0.318. The Kier molecular flexibility index (Phi) is 5.69. The van der Waals surface area contributed by atoms with Gasteiger partial charge in [-0.15, -0.1) is 0 Å². The number of furan rings is 1. The molecule has 1 aromatic heterocycles. The quantitative estimate of drug-likeness (QED) is 0.636. The molecule has 0 fully saturated rings. The summed E-state index contributed by atoms with van der Waals surface area (Å²) in [5.41, 5.74) is 2.49. The van der Waals surface area contributed by atoms with Crippen molar-refractivity contribution in [2.75, 3.05) is 13.2 Å². The smallest absolute Gasteiger partial charge is 0.287 e. The molecule has 0 saturated heterocycles. The topological polar surface area (TPSA) is 60.7 Å². The van der Waals surface area contributed by atoms with Crippen LogP contribution in [-0.4, -0.2) is 19.1 Å². The predicted molar refractivity (Wildman–Crippen MR) is 106 cm³/mol. The minimum Gasteiger partial charge on any atom is -0.490 e. The lowest BCUT2D eigenvalue weighted by molar-refractivity contribution is 0.0913. The summed E-state index contributed by atoms with van der Waals surface area (Å²) < 4.78 is 17.0. The van der Waals surface area contributed by atoms with Gasteiger partial charge in [0.15, 0.2) is 17.3 Å². The Morgan fingerprint density at radius 3 is 2.48 bits per heavy atom. The van der Waals surface area contributed by atoms with Crippen molar-refractivity contribution in [2.24, 2.45) is 0 Å². The summed E-state index contributed by atoms with van der Waals surface area (Å²) in [6.45, 7) is 8.80. The molecular weight excluding hydrogens is 342 g/mol. The van der Waals surface area contributed by atoms with Crippen molar-refractivity contribution < 1.29 is 18.7 Å². The minimum atomic E-state index is -0.233. The molecule has 2 aromatic carbocycles. The molecule has 0 spiro atoms. The highest BCUT2D eigenvalue weighted by atomic mass is 16.5. The van der Waals surface area contributed by atoms with Crippen LogP contribution in [0.2, 0.25) is 0 Å². The first-order valence-electron chi connectivity index (χ1n) is 9.23. The lowest BCUT2D eigenvalue weighted by atomic mass is 10.1. The number of benzene rings is 2. The number of carbonyl (C=O) groups is 1. The highest BCUT2D eigenvalue weighted by Gasteiger charge is 2.20. The summed E-state index contributed by atoms with van der Waals surface area (Å²) in [6, 6.07) is 13.2. The molecule has 0 unspecified atom stereocenters. The van der Waals surface area contributed by atoms with Crippen LogP contribution in [0.4, 0.5) is 0 Å². The molecule has 1 amide bonds. The van der Waals surface area contributed by atoms with Gasteiger partial charge in [-0.25, -0.2) is 0 Å². The van der Waals surface area contributed by atoms with E-state index in [-0.39, 0.29) is 11.9 Å². The molecule has 27 heavy (non-hydrogen) atoms. The van der Waals surface area contributed by atoms with Gasteiger partial charge in [0.25, 0.3) is 5.91 Å². The van der Waals surface area contributed by atoms with Gasteiger partial charge in [0, 0.05) is 10.9 Å². The van der Waals surface area contributed by atoms with Gasteiger partial charge in [-0.3, -0.25) is 4.79 Å². The highest BCUT2D eigenvalue weighted by Crippen LogP contribution is 2.31. The third-order valence-corrected chi connectivity index (χ3v) is 4.46. The molecule has 1 atom stereocenters. The van der Waals surface area contributed by atoms with E-state index in [4.69, 9.17) is 13.9 Å². The Labute approximate surface area is 159 Å². The molecule has 0 aliphatic carbocycles. The molecule has 0 saturated carbocycles. The number of rotatable bonds is 7. The van der Waals surface area contributed by atoms with Gasteiger partial charge in [-0.1, -0.05) is 24.3 Å². The van der Waals surface area contributed by atoms with Crippen LogP contribution in [0.25, 0.3) is 11.0 Å². The van der Waals surface area contributed by atoms with Gasteiger partial charge >= 0.3 is 0 Å². The van der Waals surface area contributed by atoms with Crippen LogP contribution in [0.1, 0.15) is 48.5 Å². The van der Waals surface area contributed by atoms with Crippen molar-refractivity contribution in [2.45, 2.75) is 33.7 Å². The Bertz CT molecular complexity index is 945. The van der Waals surface area contributed by atoms with Crippen molar-refractivity contribution >= 4 is 16.9 Å². The van der Waals surface area contributed by atoms with Gasteiger partial charge < -0.3 is 19.2 Å². The third kappa shape index (κ3) is 3.92. The van der Waals surface area contributed by atoms with Crippen LogP contribution < -0.4 is 14.8 Å². The Balaban J connectivity index is 1.81. The first kappa shape index (κ1) is 18.8. The molecule has 0 radical (unpaired) electrons. The maximum atomic E-state index is 12.7. The van der Waals surface area contributed by atoms with Crippen molar-refractivity contribution in [3.05, 3.63) is 59.4 Å². The number of hydrogen-bond donors (Lipinski definition) is 1. The lowest BCUT2D eigenvalue weighted by Gasteiger charge is -2.17. The van der Waals surface area contributed by atoms with Crippen LogP contribution >= 0.6 is 0 Å². The minimum absolute atomic E-state index is 0.208. The van der Waals surface area contributed by atoms with E-state index in [0.717, 1.165) is 16.5 Å². The van der Waals surface area contributed by atoms with Gasteiger partial charge in [0.1, 0.15) is 5.58 Å². The Hall–Kier alpha value is -2.95. The van der Waals surface area contributed by atoms with E-state index in [1.807, 2.05) is 70.2 Å². The van der Waals surface area contributed by atoms with E-state index in [0.29, 0.717) is 36.1 Å². The summed E-state index contributed by atoms with van der Waals surface area (Å²) in [7, 11) is 0. The van der Waals surface area contributed by atoms with Crippen molar-refractivity contribution in [1.29, 1.82) is 0 Å². The fourth-order valence-corrected chi connectivity index (χ4v) is 3.07. The second kappa shape index (κ2) is 8.16. The van der Waals surface area contributed by atoms with Crippen LogP contribution in [-0.2, 0) is 0 Å². The highest BCUT2D eigenvalue weighted by molar-refractivity contribution is 5.99. The van der Waals surface area contributed by atoms with E-state index >= 15 is 0 Å². The molecule has 5 nitrogen and oxygen atoms in total. The molecule has 0 aliphatic rings. The molecular formula is C22H25NO4. The van der Waals surface area contributed by atoms with Gasteiger partial charge in [0.2, 0.25) is 0 Å². The molecule has 3 aromatic rings. The summed E-state index contributed by atoms with van der Waals surface area (Å²) in [5, 5.41) is 3.96. The first-order chi connectivity index (χ1) is 13.0. The number of nitrogens with one attached hydrogen (secondary N) is 1. The number of aryl methyl sites for hydroxylation is 1. The standard InChI is InChI=1S/C22H25NO4/c1-5-25-19-12-11-16(13-20(19)26-6-2)15(4)23-22(24)21-14(3)17-9-7-8-10-18(17)27-21/h7-13,15H,5-6H2,1-4H3,(H,23,24)/t15-/m1/s1. The maximum Gasteiger partial charge on any atom is 0.287 e. The number of fused-ring (bicyclic) bond motifs is 1. The van der Waals surface area contributed by atoms with Gasteiger partial charge in [0.05, 0.1) is 19.3 Å². The Morgan fingerprint density at radius 2 is 1.78 bits per heavy atom. The normalized spacial score (nSPS) is 12.0. The van der Waals surface area contributed by atoms with Crippen molar-refractivity contribution in [3.63, 3.8) is 0 Å². The zero-order valence-corrected chi connectivity index (χ0v) is 16.2. The third-order valence-electron chi connectivity index (χ3n) is 4.46. The molecule has 1 heterocycles. The zero-order chi connectivity index (χ0) is 19.4. The SMILES string of the molecule is CCOc1ccc([C@@H](C)NC(=O)c2oc3ccccc3c2C)cc1OCC. The van der Waals surface area contributed by atoms with E-state index in [1.165, 1.54) is 0 Å². The van der Waals surface area contributed by atoms with E-state index in [9.17, 15) is 4.79 Å². The molecule has 5 heteroatoms. The lowest BCUT2D eigenvalue weighted by Crippen LogP contribution is -2.26. The van der Waals surface area contributed by atoms with Crippen LogP contribution in [0, 0.1) is 6.92 Å². The average Bonchev–Trinajstić information content (AvgIpc) is 3.00. The number of amides is 1. The monoisotopic (exact) mass is 367 g/mol. The summed E-state index contributed by atoms with van der Waals surface area (Å²) in [5.74, 6) is 1.50. The van der Waals surface area contributed by atoms with Gasteiger partial charge in [-0.2, -0.15) is 0 Å². The average molecular weight is 367 g/mol. The molecule has 142 valence electrons. The number of para-hydroxylation sites is 1. The largest absolute Gasteiger partial charge is 0.490 e. The second-order valence-electron chi connectivity index (χ2n) is 6.32. The predicted octanol–water partition coefficient (Wildman–Crippen LogP) is 5.03. The van der Waals surface area contributed by atoms with E-state index < -0.39 is 0 Å². The second-order valence-corrected chi connectivity index (χ2v) is 6.32. The van der Waals surface area contributed by atoms with Crippen LogP contribution in [0.3, 0.4) is 0 Å². The maximum absolute atomic E-state index is 12.7. The number of carbonyl (C=O) groups excluding carboxylic acids is 1. The van der Waals surface area contributed by atoms with Crippen LogP contribution in [0.5, 0.6) is 11.5 Å².